The van der Waals surface area contributed by atoms with E-state index in [1.54, 1.807) is 12.1 Å². The number of nitrogen functional groups attached to an aromatic ring is 1. The molecule has 82 valence electrons. The maximum atomic E-state index is 6.04. The summed E-state index contributed by atoms with van der Waals surface area (Å²) < 4.78 is 5.27. The molecule has 2 heterocycles. The summed E-state index contributed by atoms with van der Waals surface area (Å²) in [6, 6.07) is 3.50. The quantitative estimate of drug-likeness (QED) is 0.824. The predicted molar refractivity (Wildman–Crippen MR) is 59.8 cm³/mol. The largest absolute Gasteiger partial charge is 0.384 e. The van der Waals surface area contributed by atoms with Gasteiger partial charge in [-0.05, 0) is 12.1 Å². The maximum absolute atomic E-state index is 6.04. The van der Waals surface area contributed by atoms with Crippen molar-refractivity contribution >= 4 is 17.4 Å². The Kier molecular flexibility index (Phi) is 3.41. The lowest BCUT2D eigenvalue weighted by molar-refractivity contribution is 0.0337. The Labute approximate surface area is 94.0 Å². The van der Waals surface area contributed by atoms with Crippen LogP contribution in [-0.2, 0) is 11.3 Å². The van der Waals surface area contributed by atoms with Gasteiger partial charge in [0.25, 0.3) is 0 Å². The zero-order valence-electron chi connectivity index (χ0n) is 8.45. The lowest BCUT2D eigenvalue weighted by atomic mass is 10.3. The van der Waals surface area contributed by atoms with Crippen molar-refractivity contribution in [1.29, 1.82) is 0 Å². The maximum Gasteiger partial charge on any atom is 0.123 e. The molecule has 0 aromatic carbocycles. The molecule has 1 aliphatic heterocycles. The molecule has 1 aromatic rings. The molecule has 0 spiro atoms. The van der Waals surface area contributed by atoms with Crippen molar-refractivity contribution in [1.82, 2.24) is 9.88 Å². The SMILES string of the molecule is Nc1ccc(Cl)c(CN2CCOCC2)n1. The van der Waals surface area contributed by atoms with Crippen molar-refractivity contribution in [2.45, 2.75) is 6.54 Å². The zero-order valence-corrected chi connectivity index (χ0v) is 9.20. The van der Waals surface area contributed by atoms with Crippen molar-refractivity contribution in [3.8, 4) is 0 Å². The second-order valence-electron chi connectivity index (χ2n) is 3.55. The van der Waals surface area contributed by atoms with E-state index in [0.29, 0.717) is 10.8 Å². The average molecular weight is 228 g/mol. The summed E-state index contributed by atoms with van der Waals surface area (Å²) in [6.45, 7) is 4.15. The summed E-state index contributed by atoms with van der Waals surface area (Å²) in [6.07, 6.45) is 0. The first-order valence-corrected chi connectivity index (χ1v) is 5.34. The van der Waals surface area contributed by atoms with Crippen LogP contribution in [0.2, 0.25) is 5.02 Å². The molecule has 5 heteroatoms. The number of anilines is 1. The van der Waals surface area contributed by atoms with Gasteiger partial charge in [-0.15, -0.1) is 0 Å². The fraction of sp³-hybridized carbons (Fsp3) is 0.500. The summed E-state index contributed by atoms with van der Waals surface area (Å²) >= 11 is 6.04. The van der Waals surface area contributed by atoms with E-state index in [4.69, 9.17) is 22.1 Å². The number of ether oxygens (including phenoxy) is 1. The number of morpholine rings is 1. The Morgan fingerprint density at radius 3 is 2.87 bits per heavy atom. The number of nitrogens with zero attached hydrogens (tertiary/aromatic N) is 2. The molecule has 2 rings (SSSR count). The van der Waals surface area contributed by atoms with Crippen molar-refractivity contribution in [3.63, 3.8) is 0 Å². The van der Waals surface area contributed by atoms with Crippen LogP contribution in [0.25, 0.3) is 0 Å². The van der Waals surface area contributed by atoms with Gasteiger partial charge in [-0.25, -0.2) is 4.98 Å². The van der Waals surface area contributed by atoms with Gasteiger partial charge in [-0.1, -0.05) is 11.6 Å². The third-order valence-corrected chi connectivity index (χ3v) is 2.76. The first-order chi connectivity index (χ1) is 7.25. The minimum atomic E-state index is 0.516. The third kappa shape index (κ3) is 2.81. The molecule has 0 bridgehead atoms. The van der Waals surface area contributed by atoms with Crippen molar-refractivity contribution in [2.24, 2.45) is 0 Å². The summed E-state index contributed by atoms with van der Waals surface area (Å²) in [7, 11) is 0. The second kappa shape index (κ2) is 4.79. The molecule has 0 amide bonds. The Balaban J connectivity index is 2.05. The van der Waals surface area contributed by atoms with Gasteiger partial charge in [-0.2, -0.15) is 0 Å². The van der Waals surface area contributed by atoms with Crippen LogP contribution in [0, 0.1) is 0 Å². The van der Waals surface area contributed by atoms with E-state index in [9.17, 15) is 0 Å². The Bertz CT molecular complexity index is 339. The smallest absolute Gasteiger partial charge is 0.123 e. The molecule has 15 heavy (non-hydrogen) atoms. The Hall–Kier alpha value is -0.840. The van der Waals surface area contributed by atoms with Gasteiger partial charge in [0.05, 0.1) is 23.9 Å². The molecule has 1 aliphatic rings. The number of pyridine rings is 1. The van der Waals surface area contributed by atoms with Crippen LogP contribution in [0.1, 0.15) is 5.69 Å². The molecule has 1 aromatic heterocycles. The average Bonchev–Trinajstić information content (AvgIpc) is 2.25. The van der Waals surface area contributed by atoms with Gasteiger partial charge in [0.2, 0.25) is 0 Å². The molecule has 0 atom stereocenters. The standard InChI is InChI=1S/C10H14ClN3O/c11-8-1-2-10(12)13-9(8)7-14-3-5-15-6-4-14/h1-2H,3-7H2,(H2,12,13). The number of hydrogen-bond acceptors (Lipinski definition) is 4. The molecule has 0 aliphatic carbocycles. The first kappa shape index (κ1) is 10.7. The Morgan fingerprint density at radius 2 is 2.13 bits per heavy atom. The van der Waals surface area contributed by atoms with Crippen molar-refractivity contribution < 1.29 is 4.74 Å². The number of rotatable bonds is 2. The number of halogens is 1. The normalized spacial score (nSPS) is 17.9. The topological polar surface area (TPSA) is 51.4 Å². The van der Waals surface area contributed by atoms with E-state index >= 15 is 0 Å². The molecular weight excluding hydrogens is 214 g/mol. The van der Waals surface area contributed by atoms with Crippen LogP contribution in [0.15, 0.2) is 12.1 Å². The minimum absolute atomic E-state index is 0.516. The minimum Gasteiger partial charge on any atom is -0.384 e. The molecule has 4 nitrogen and oxygen atoms in total. The highest BCUT2D eigenvalue weighted by Gasteiger charge is 2.13. The highest BCUT2D eigenvalue weighted by atomic mass is 35.5. The monoisotopic (exact) mass is 227 g/mol. The van der Waals surface area contributed by atoms with E-state index in [2.05, 4.69) is 9.88 Å². The van der Waals surface area contributed by atoms with Crippen LogP contribution >= 0.6 is 11.6 Å². The summed E-state index contributed by atoms with van der Waals surface area (Å²) in [5.41, 5.74) is 6.47. The molecule has 1 fully saturated rings. The van der Waals surface area contributed by atoms with Crippen LogP contribution in [-0.4, -0.2) is 36.2 Å². The fourth-order valence-electron chi connectivity index (χ4n) is 1.58. The molecule has 0 saturated carbocycles. The number of nitrogens with two attached hydrogens (primary N) is 1. The highest BCUT2D eigenvalue weighted by Crippen LogP contribution is 2.17. The third-order valence-electron chi connectivity index (χ3n) is 2.42. The van der Waals surface area contributed by atoms with E-state index in [-0.39, 0.29) is 0 Å². The van der Waals surface area contributed by atoms with E-state index in [1.165, 1.54) is 0 Å². The lowest BCUT2D eigenvalue weighted by Crippen LogP contribution is -2.36. The van der Waals surface area contributed by atoms with Gasteiger partial charge < -0.3 is 10.5 Å². The van der Waals surface area contributed by atoms with Crippen LogP contribution in [0.3, 0.4) is 0 Å². The molecule has 1 saturated heterocycles. The number of aromatic nitrogens is 1. The molecule has 0 radical (unpaired) electrons. The first-order valence-electron chi connectivity index (χ1n) is 4.97. The van der Waals surface area contributed by atoms with Crippen molar-refractivity contribution in [3.05, 3.63) is 22.8 Å². The zero-order chi connectivity index (χ0) is 10.7. The summed E-state index contributed by atoms with van der Waals surface area (Å²) in [5, 5.41) is 0.677. The van der Waals surface area contributed by atoms with Gasteiger partial charge in [-0.3, -0.25) is 4.90 Å². The number of hydrogen-bond donors (Lipinski definition) is 1. The van der Waals surface area contributed by atoms with Crippen LogP contribution in [0.4, 0.5) is 5.82 Å². The van der Waals surface area contributed by atoms with E-state index in [1.807, 2.05) is 0 Å². The molecular formula is C10H14ClN3O. The van der Waals surface area contributed by atoms with Crippen LogP contribution < -0.4 is 5.73 Å². The van der Waals surface area contributed by atoms with E-state index in [0.717, 1.165) is 38.5 Å². The van der Waals surface area contributed by atoms with Gasteiger partial charge >= 0.3 is 0 Å². The highest BCUT2D eigenvalue weighted by molar-refractivity contribution is 6.31. The molecule has 2 N–H and O–H groups in total. The Morgan fingerprint density at radius 1 is 1.40 bits per heavy atom. The second-order valence-corrected chi connectivity index (χ2v) is 3.96. The van der Waals surface area contributed by atoms with Crippen LogP contribution in [0.5, 0.6) is 0 Å². The van der Waals surface area contributed by atoms with Gasteiger partial charge in [0, 0.05) is 19.6 Å². The summed E-state index contributed by atoms with van der Waals surface area (Å²) in [4.78, 5) is 6.49. The lowest BCUT2D eigenvalue weighted by Gasteiger charge is -2.26. The molecule has 0 unspecified atom stereocenters. The van der Waals surface area contributed by atoms with Crippen molar-refractivity contribution in [2.75, 3.05) is 32.0 Å². The van der Waals surface area contributed by atoms with E-state index < -0.39 is 0 Å². The predicted octanol–water partition coefficient (Wildman–Crippen LogP) is 1.15. The van der Waals surface area contributed by atoms with Gasteiger partial charge in [0.1, 0.15) is 5.82 Å². The fourth-order valence-corrected chi connectivity index (χ4v) is 1.75. The van der Waals surface area contributed by atoms with Gasteiger partial charge in [0.15, 0.2) is 0 Å². The summed E-state index contributed by atoms with van der Waals surface area (Å²) in [5.74, 6) is 0.516.